The molecule has 0 spiro atoms. The van der Waals surface area contributed by atoms with Crippen LogP contribution in [0.4, 0.5) is 18.3 Å². The molecule has 0 radical (unpaired) electrons. The molecule has 0 unspecified atom stereocenters. The third-order valence-electron chi connectivity index (χ3n) is 2.71. The number of alkyl halides is 3. The monoisotopic (exact) mass is 283 g/mol. The molecular weight excluding hydrogens is 271 g/mol. The largest absolute Gasteiger partial charge is 0.445 e. The second-order valence-electron chi connectivity index (χ2n) is 3.92. The Kier molecular flexibility index (Phi) is 3.82. The summed E-state index contributed by atoms with van der Waals surface area (Å²) in [6.45, 7) is 0. The number of hydrogen-bond donors (Lipinski definition) is 1. The molecule has 1 aromatic heterocycles. The third-order valence-corrected chi connectivity index (χ3v) is 4.71. The van der Waals surface area contributed by atoms with Gasteiger partial charge in [0.25, 0.3) is 0 Å². The molecule has 0 bridgehead atoms. The summed E-state index contributed by atoms with van der Waals surface area (Å²) in [5.74, 6) is 0. The SMILES string of the molecule is CS[C@@H]1CC[C@@H](Nc2nnc(C(F)(F)F)s2)C1. The molecule has 1 aromatic rings. The van der Waals surface area contributed by atoms with Gasteiger partial charge >= 0.3 is 6.18 Å². The van der Waals surface area contributed by atoms with Crippen LogP contribution in [0.5, 0.6) is 0 Å². The second kappa shape index (κ2) is 5.01. The first-order chi connectivity index (χ1) is 7.99. The lowest BCUT2D eigenvalue weighted by atomic mass is 10.3. The first kappa shape index (κ1) is 12.9. The lowest BCUT2D eigenvalue weighted by Gasteiger charge is -2.10. The van der Waals surface area contributed by atoms with E-state index in [1.165, 1.54) is 0 Å². The number of halogens is 3. The van der Waals surface area contributed by atoms with Gasteiger partial charge in [0.1, 0.15) is 0 Å². The average molecular weight is 283 g/mol. The zero-order chi connectivity index (χ0) is 12.5. The van der Waals surface area contributed by atoms with Gasteiger partial charge in [0.2, 0.25) is 10.1 Å². The van der Waals surface area contributed by atoms with E-state index in [-0.39, 0.29) is 11.2 Å². The smallest absolute Gasteiger partial charge is 0.357 e. The molecular formula is C9H12F3N3S2. The topological polar surface area (TPSA) is 37.8 Å². The minimum atomic E-state index is -4.39. The number of nitrogens with one attached hydrogen (secondary N) is 1. The number of anilines is 1. The molecule has 17 heavy (non-hydrogen) atoms. The number of thioether (sulfide) groups is 1. The number of nitrogens with zero attached hydrogens (tertiary/aromatic N) is 2. The van der Waals surface area contributed by atoms with E-state index in [4.69, 9.17) is 0 Å². The number of aromatic nitrogens is 2. The van der Waals surface area contributed by atoms with Crippen molar-refractivity contribution < 1.29 is 13.2 Å². The van der Waals surface area contributed by atoms with Crippen LogP contribution in [0.15, 0.2) is 0 Å². The van der Waals surface area contributed by atoms with E-state index in [0.717, 1.165) is 19.3 Å². The van der Waals surface area contributed by atoms with Gasteiger partial charge in [-0.1, -0.05) is 11.3 Å². The van der Waals surface area contributed by atoms with Crippen LogP contribution in [-0.2, 0) is 6.18 Å². The van der Waals surface area contributed by atoms with Gasteiger partial charge in [-0.3, -0.25) is 0 Å². The Hall–Kier alpha value is -0.500. The van der Waals surface area contributed by atoms with Crippen molar-refractivity contribution in [1.82, 2.24) is 10.2 Å². The molecule has 1 aliphatic carbocycles. The molecule has 3 nitrogen and oxygen atoms in total. The van der Waals surface area contributed by atoms with Crippen molar-refractivity contribution in [3.05, 3.63) is 5.01 Å². The quantitative estimate of drug-likeness (QED) is 0.924. The average Bonchev–Trinajstić information content (AvgIpc) is 2.86. The minimum absolute atomic E-state index is 0.224. The van der Waals surface area contributed by atoms with Gasteiger partial charge in [-0.05, 0) is 25.5 Å². The molecule has 2 atom stereocenters. The maximum atomic E-state index is 12.3. The molecule has 1 fully saturated rings. The van der Waals surface area contributed by atoms with Gasteiger partial charge in [0.05, 0.1) is 0 Å². The van der Waals surface area contributed by atoms with Gasteiger partial charge in [0, 0.05) is 11.3 Å². The molecule has 0 saturated heterocycles. The Morgan fingerprint density at radius 2 is 2.12 bits per heavy atom. The molecule has 2 rings (SSSR count). The third kappa shape index (κ3) is 3.25. The van der Waals surface area contributed by atoms with Crippen LogP contribution in [0, 0.1) is 0 Å². The molecule has 0 amide bonds. The van der Waals surface area contributed by atoms with Crippen molar-refractivity contribution >= 4 is 28.2 Å². The Bertz CT molecular complexity index is 380. The van der Waals surface area contributed by atoms with Crippen LogP contribution in [0.2, 0.25) is 0 Å². The Labute approximate surface area is 105 Å². The Morgan fingerprint density at radius 1 is 1.35 bits per heavy atom. The van der Waals surface area contributed by atoms with Crippen molar-refractivity contribution in [1.29, 1.82) is 0 Å². The first-order valence-electron chi connectivity index (χ1n) is 5.19. The summed E-state index contributed by atoms with van der Waals surface area (Å²) < 4.78 is 36.9. The summed E-state index contributed by atoms with van der Waals surface area (Å²) in [4.78, 5) is 0. The Balaban J connectivity index is 1.94. The fourth-order valence-electron chi connectivity index (χ4n) is 1.86. The van der Waals surface area contributed by atoms with Gasteiger partial charge in [0.15, 0.2) is 0 Å². The fourth-order valence-corrected chi connectivity index (χ4v) is 3.34. The predicted octanol–water partition coefficient (Wildman–Crippen LogP) is 3.25. The highest BCUT2D eigenvalue weighted by atomic mass is 32.2. The molecule has 1 saturated carbocycles. The molecule has 1 aliphatic rings. The lowest BCUT2D eigenvalue weighted by molar-refractivity contribution is -0.138. The van der Waals surface area contributed by atoms with Crippen LogP contribution in [-0.4, -0.2) is 27.7 Å². The number of rotatable bonds is 3. The fraction of sp³-hybridized carbons (Fsp3) is 0.778. The van der Waals surface area contributed by atoms with Crippen molar-refractivity contribution in [3.8, 4) is 0 Å². The summed E-state index contributed by atoms with van der Waals surface area (Å²) >= 11 is 2.37. The van der Waals surface area contributed by atoms with Gasteiger partial charge in [-0.25, -0.2) is 0 Å². The zero-order valence-corrected chi connectivity index (χ0v) is 10.8. The van der Waals surface area contributed by atoms with Gasteiger partial charge in [-0.2, -0.15) is 24.9 Å². The highest BCUT2D eigenvalue weighted by Crippen LogP contribution is 2.35. The van der Waals surface area contributed by atoms with E-state index < -0.39 is 11.2 Å². The van der Waals surface area contributed by atoms with Crippen LogP contribution in [0.3, 0.4) is 0 Å². The van der Waals surface area contributed by atoms with Crippen molar-refractivity contribution in [2.75, 3.05) is 11.6 Å². The summed E-state index contributed by atoms with van der Waals surface area (Å²) in [5, 5.41) is 9.68. The zero-order valence-electron chi connectivity index (χ0n) is 9.12. The van der Waals surface area contributed by atoms with Crippen molar-refractivity contribution in [3.63, 3.8) is 0 Å². The summed E-state index contributed by atoms with van der Waals surface area (Å²) in [7, 11) is 0. The van der Waals surface area contributed by atoms with E-state index >= 15 is 0 Å². The van der Waals surface area contributed by atoms with Gasteiger partial charge < -0.3 is 5.32 Å². The normalized spacial score (nSPS) is 25.2. The first-order valence-corrected chi connectivity index (χ1v) is 7.29. The van der Waals surface area contributed by atoms with Crippen LogP contribution in [0.25, 0.3) is 0 Å². The summed E-state index contributed by atoms with van der Waals surface area (Å²) in [5.41, 5.74) is 0. The van der Waals surface area contributed by atoms with Crippen LogP contribution < -0.4 is 5.32 Å². The molecule has 0 aliphatic heterocycles. The molecule has 1 heterocycles. The Morgan fingerprint density at radius 3 is 2.65 bits per heavy atom. The highest BCUT2D eigenvalue weighted by molar-refractivity contribution is 7.99. The van der Waals surface area contributed by atoms with E-state index in [9.17, 15) is 13.2 Å². The predicted molar refractivity (Wildman–Crippen MR) is 63.5 cm³/mol. The highest BCUT2D eigenvalue weighted by Gasteiger charge is 2.36. The maximum absolute atomic E-state index is 12.3. The second-order valence-corrected chi connectivity index (χ2v) is 6.04. The molecule has 8 heteroatoms. The minimum Gasteiger partial charge on any atom is -0.357 e. The van der Waals surface area contributed by atoms with E-state index in [0.29, 0.717) is 16.6 Å². The maximum Gasteiger partial charge on any atom is 0.445 e. The molecule has 1 N–H and O–H groups in total. The van der Waals surface area contributed by atoms with Crippen LogP contribution in [0.1, 0.15) is 24.3 Å². The lowest BCUT2D eigenvalue weighted by Crippen LogP contribution is -2.15. The van der Waals surface area contributed by atoms with Gasteiger partial charge in [-0.15, -0.1) is 10.2 Å². The molecule has 0 aromatic carbocycles. The number of hydrogen-bond acceptors (Lipinski definition) is 5. The molecule has 96 valence electrons. The van der Waals surface area contributed by atoms with Crippen molar-refractivity contribution in [2.24, 2.45) is 0 Å². The van der Waals surface area contributed by atoms with E-state index in [1.54, 1.807) is 11.8 Å². The van der Waals surface area contributed by atoms with Crippen molar-refractivity contribution in [2.45, 2.75) is 36.7 Å². The summed E-state index contributed by atoms with van der Waals surface area (Å²) in [6.07, 6.45) is 0.715. The van der Waals surface area contributed by atoms with E-state index in [1.807, 2.05) is 0 Å². The van der Waals surface area contributed by atoms with E-state index in [2.05, 4.69) is 21.8 Å². The van der Waals surface area contributed by atoms with Crippen LogP contribution >= 0.6 is 23.1 Å². The summed E-state index contributed by atoms with van der Waals surface area (Å²) in [6, 6.07) is 0.224. The standard InChI is InChI=1S/C9H12F3N3S2/c1-16-6-3-2-5(4-6)13-8-15-14-7(17-8)9(10,11)12/h5-6H,2-4H2,1H3,(H,13,15)/t5-,6-/m1/s1.